The molecule has 3 N–H and O–H groups in total. The van der Waals surface area contributed by atoms with Gasteiger partial charge >= 0.3 is 11.8 Å². The highest BCUT2D eigenvalue weighted by Gasteiger charge is 2.16. The number of nitrogens with zero attached hydrogens (tertiary/aromatic N) is 1. The SMILES string of the molecule is CN(C)c1ccc(C(O)CNC(=O)C(=O)Nc2ccccc2)cc1. The highest BCUT2D eigenvalue weighted by atomic mass is 16.3. The van der Waals surface area contributed by atoms with Crippen LogP contribution in [0, 0.1) is 0 Å². The van der Waals surface area contributed by atoms with Gasteiger partial charge in [-0.3, -0.25) is 9.59 Å². The number of hydrogen-bond acceptors (Lipinski definition) is 4. The maximum absolute atomic E-state index is 11.8. The lowest BCUT2D eigenvalue weighted by molar-refractivity contribution is -0.136. The molecule has 2 aromatic rings. The Morgan fingerprint density at radius 3 is 2.21 bits per heavy atom. The average Bonchev–Trinajstić information content (AvgIpc) is 2.60. The van der Waals surface area contributed by atoms with E-state index in [-0.39, 0.29) is 6.54 Å². The monoisotopic (exact) mass is 327 g/mol. The number of amides is 2. The molecule has 1 atom stereocenters. The summed E-state index contributed by atoms with van der Waals surface area (Å²) >= 11 is 0. The first-order chi connectivity index (χ1) is 11.5. The molecule has 0 saturated carbocycles. The number of anilines is 2. The summed E-state index contributed by atoms with van der Waals surface area (Å²) in [6.07, 6.45) is -0.880. The molecule has 0 radical (unpaired) electrons. The molecule has 0 saturated heterocycles. The van der Waals surface area contributed by atoms with Gasteiger partial charge < -0.3 is 20.6 Å². The maximum atomic E-state index is 11.8. The quantitative estimate of drug-likeness (QED) is 0.728. The standard InChI is InChI=1S/C18H21N3O3/c1-21(2)15-10-8-13(9-11-15)16(22)12-19-17(23)18(24)20-14-6-4-3-5-7-14/h3-11,16,22H,12H2,1-2H3,(H,19,23)(H,20,24). The molecule has 0 fully saturated rings. The Morgan fingerprint density at radius 1 is 1.00 bits per heavy atom. The molecule has 0 heterocycles. The van der Waals surface area contributed by atoms with Crippen molar-refractivity contribution in [3.05, 3.63) is 60.2 Å². The molecular weight excluding hydrogens is 306 g/mol. The van der Waals surface area contributed by atoms with Gasteiger partial charge in [0.25, 0.3) is 0 Å². The molecule has 0 aliphatic carbocycles. The van der Waals surface area contributed by atoms with Gasteiger partial charge in [0, 0.05) is 32.0 Å². The summed E-state index contributed by atoms with van der Waals surface area (Å²) in [7, 11) is 3.86. The van der Waals surface area contributed by atoms with Gasteiger partial charge in [0.2, 0.25) is 0 Å². The molecule has 1 unspecified atom stereocenters. The second kappa shape index (κ2) is 8.12. The van der Waals surface area contributed by atoms with E-state index in [1.54, 1.807) is 36.4 Å². The summed E-state index contributed by atoms with van der Waals surface area (Å²) in [4.78, 5) is 25.5. The van der Waals surface area contributed by atoms with Gasteiger partial charge in [-0.25, -0.2) is 0 Å². The third-order valence-electron chi connectivity index (χ3n) is 3.49. The van der Waals surface area contributed by atoms with Gasteiger partial charge in [-0.05, 0) is 29.8 Å². The number of rotatable bonds is 5. The van der Waals surface area contributed by atoms with E-state index < -0.39 is 17.9 Å². The van der Waals surface area contributed by atoms with Crippen LogP contribution in [0.4, 0.5) is 11.4 Å². The van der Waals surface area contributed by atoms with E-state index in [2.05, 4.69) is 10.6 Å². The highest BCUT2D eigenvalue weighted by molar-refractivity contribution is 6.39. The summed E-state index contributed by atoms with van der Waals surface area (Å²) in [5.41, 5.74) is 2.22. The number of para-hydroxylation sites is 1. The molecule has 24 heavy (non-hydrogen) atoms. The van der Waals surface area contributed by atoms with Crippen LogP contribution in [0.2, 0.25) is 0 Å². The number of aliphatic hydroxyl groups excluding tert-OH is 1. The van der Waals surface area contributed by atoms with Crippen LogP contribution in [0.1, 0.15) is 11.7 Å². The average molecular weight is 327 g/mol. The van der Waals surface area contributed by atoms with Crippen molar-refractivity contribution in [2.24, 2.45) is 0 Å². The first kappa shape index (κ1) is 17.5. The van der Waals surface area contributed by atoms with Crippen molar-refractivity contribution < 1.29 is 14.7 Å². The lowest BCUT2D eigenvalue weighted by atomic mass is 10.1. The molecule has 0 aromatic heterocycles. The van der Waals surface area contributed by atoms with Gasteiger partial charge in [-0.1, -0.05) is 30.3 Å². The molecule has 2 aromatic carbocycles. The fourth-order valence-electron chi connectivity index (χ4n) is 2.09. The van der Waals surface area contributed by atoms with Crippen LogP contribution in [-0.4, -0.2) is 37.6 Å². The molecule has 6 heteroatoms. The second-order valence-corrected chi connectivity index (χ2v) is 5.53. The van der Waals surface area contributed by atoms with E-state index in [9.17, 15) is 14.7 Å². The predicted molar refractivity (Wildman–Crippen MR) is 93.8 cm³/mol. The van der Waals surface area contributed by atoms with Gasteiger partial charge in [0.15, 0.2) is 0 Å². The zero-order valence-electron chi connectivity index (χ0n) is 13.7. The Hall–Kier alpha value is -2.86. The minimum Gasteiger partial charge on any atom is -0.387 e. The Labute approximate surface area is 141 Å². The third-order valence-corrected chi connectivity index (χ3v) is 3.49. The number of hydrogen-bond donors (Lipinski definition) is 3. The summed E-state index contributed by atoms with van der Waals surface area (Å²) in [6.45, 7) is -0.0393. The number of carbonyl (C=O) groups is 2. The molecule has 0 aliphatic heterocycles. The first-order valence-corrected chi connectivity index (χ1v) is 7.57. The van der Waals surface area contributed by atoms with E-state index in [4.69, 9.17) is 0 Å². The van der Waals surface area contributed by atoms with Crippen LogP contribution in [0.3, 0.4) is 0 Å². The van der Waals surface area contributed by atoms with Crippen molar-refractivity contribution in [1.29, 1.82) is 0 Å². The zero-order valence-corrected chi connectivity index (χ0v) is 13.7. The maximum Gasteiger partial charge on any atom is 0.313 e. The van der Waals surface area contributed by atoms with Gasteiger partial charge in [0.05, 0.1) is 6.10 Å². The fourth-order valence-corrected chi connectivity index (χ4v) is 2.09. The van der Waals surface area contributed by atoms with Crippen molar-refractivity contribution in [3.8, 4) is 0 Å². The third kappa shape index (κ3) is 4.82. The molecule has 0 spiro atoms. The molecule has 2 amide bonds. The molecule has 6 nitrogen and oxygen atoms in total. The van der Waals surface area contributed by atoms with Gasteiger partial charge in [-0.15, -0.1) is 0 Å². The van der Waals surface area contributed by atoms with Crippen LogP contribution in [0.15, 0.2) is 54.6 Å². The molecular formula is C18H21N3O3. The van der Waals surface area contributed by atoms with Crippen molar-refractivity contribution >= 4 is 23.2 Å². The molecule has 2 rings (SSSR count). The largest absolute Gasteiger partial charge is 0.387 e. The normalized spacial score (nSPS) is 11.5. The van der Waals surface area contributed by atoms with Crippen LogP contribution in [-0.2, 0) is 9.59 Å². The Balaban J connectivity index is 1.85. The van der Waals surface area contributed by atoms with Crippen molar-refractivity contribution in [2.45, 2.75) is 6.10 Å². The van der Waals surface area contributed by atoms with Crippen molar-refractivity contribution in [3.63, 3.8) is 0 Å². The highest BCUT2D eigenvalue weighted by Crippen LogP contribution is 2.17. The van der Waals surface area contributed by atoms with E-state index in [1.165, 1.54) is 0 Å². The molecule has 126 valence electrons. The smallest absolute Gasteiger partial charge is 0.313 e. The summed E-state index contributed by atoms with van der Waals surface area (Å²) in [6, 6.07) is 16.0. The number of nitrogens with one attached hydrogen (secondary N) is 2. The van der Waals surface area contributed by atoms with Crippen molar-refractivity contribution in [2.75, 3.05) is 30.9 Å². The van der Waals surface area contributed by atoms with Gasteiger partial charge in [0.1, 0.15) is 0 Å². The van der Waals surface area contributed by atoms with Crippen LogP contribution in [0.5, 0.6) is 0 Å². The summed E-state index contributed by atoms with van der Waals surface area (Å²) in [5.74, 6) is -1.56. The lowest BCUT2D eigenvalue weighted by Crippen LogP contribution is -2.37. The van der Waals surface area contributed by atoms with Crippen LogP contribution in [0.25, 0.3) is 0 Å². The minimum atomic E-state index is -0.880. The second-order valence-electron chi connectivity index (χ2n) is 5.53. The minimum absolute atomic E-state index is 0.0393. The Kier molecular flexibility index (Phi) is 5.92. The van der Waals surface area contributed by atoms with E-state index >= 15 is 0 Å². The number of benzene rings is 2. The first-order valence-electron chi connectivity index (χ1n) is 7.57. The zero-order chi connectivity index (χ0) is 17.5. The number of aliphatic hydroxyl groups is 1. The van der Waals surface area contributed by atoms with Gasteiger partial charge in [-0.2, -0.15) is 0 Å². The molecule has 0 bridgehead atoms. The van der Waals surface area contributed by atoms with E-state index in [1.807, 2.05) is 37.2 Å². The topological polar surface area (TPSA) is 81.7 Å². The predicted octanol–water partition coefficient (Wildman–Crippen LogP) is 1.54. The summed E-state index contributed by atoms with van der Waals surface area (Å²) in [5, 5.41) is 15.0. The Bertz CT molecular complexity index is 684. The van der Waals surface area contributed by atoms with E-state index in [0.29, 0.717) is 11.3 Å². The number of carbonyl (C=O) groups excluding carboxylic acids is 2. The Morgan fingerprint density at radius 2 is 1.62 bits per heavy atom. The van der Waals surface area contributed by atoms with Crippen LogP contribution < -0.4 is 15.5 Å². The fraction of sp³-hybridized carbons (Fsp3) is 0.222. The van der Waals surface area contributed by atoms with Crippen molar-refractivity contribution in [1.82, 2.24) is 5.32 Å². The summed E-state index contributed by atoms with van der Waals surface area (Å²) < 4.78 is 0. The van der Waals surface area contributed by atoms with E-state index in [0.717, 1.165) is 5.69 Å². The molecule has 0 aliphatic rings. The van der Waals surface area contributed by atoms with Crippen LogP contribution >= 0.6 is 0 Å². The lowest BCUT2D eigenvalue weighted by Gasteiger charge is -2.15.